The zero-order valence-electron chi connectivity index (χ0n) is 12.6. The van der Waals surface area contributed by atoms with Gasteiger partial charge >= 0.3 is 6.03 Å². The van der Waals surface area contributed by atoms with E-state index in [1.54, 1.807) is 11.3 Å². The van der Waals surface area contributed by atoms with Crippen molar-refractivity contribution in [2.45, 2.75) is 39.2 Å². The van der Waals surface area contributed by atoms with Gasteiger partial charge in [-0.3, -0.25) is 0 Å². The molecule has 0 radical (unpaired) electrons. The Morgan fingerprint density at radius 1 is 1.38 bits per heavy atom. The molecule has 0 unspecified atom stereocenters. The number of aromatic nitrogens is 1. The summed E-state index contributed by atoms with van der Waals surface area (Å²) in [6.07, 6.45) is 1.36. The second kappa shape index (κ2) is 6.41. The third-order valence-corrected chi connectivity index (χ3v) is 4.72. The smallest absolute Gasteiger partial charge is 0.319 e. The maximum absolute atomic E-state index is 12.1. The fourth-order valence-electron chi connectivity index (χ4n) is 2.21. The average Bonchev–Trinajstić information content (AvgIpc) is 2.84. The summed E-state index contributed by atoms with van der Waals surface area (Å²) in [5.74, 6) is 0. The molecule has 0 bridgehead atoms. The number of thiazole rings is 1. The van der Waals surface area contributed by atoms with Crippen LogP contribution in [0, 0.1) is 6.92 Å². The van der Waals surface area contributed by atoms with Crippen LogP contribution in [0.1, 0.15) is 31.7 Å². The maximum atomic E-state index is 12.1. The molecule has 0 fully saturated rings. The number of fused-ring (bicyclic) bond motifs is 1. The number of carbonyl (C=O) groups excluding carboxylic acids is 1. The molecular weight excluding hydrogens is 286 g/mol. The number of aliphatic hydroxyl groups excluding tert-OH is 1. The van der Waals surface area contributed by atoms with Crippen LogP contribution >= 0.6 is 11.3 Å². The molecule has 0 spiro atoms. The van der Waals surface area contributed by atoms with Crippen molar-refractivity contribution >= 4 is 33.3 Å². The zero-order valence-corrected chi connectivity index (χ0v) is 13.4. The number of anilines is 1. The van der Waals surface area contributed by atoms with E-state index >= 15 is 0 Å². The largest absolute Gasteiger partial charge is 0.394 e. The van der Waals surface area contributed by atoms with E-state index in [0.29, 0.717) is 12.8 Å². The highest BCUT2D eigenvalue weighted by atomic mass is 32.1. The van der Waals surface area contributed by atoms with Crippen molar-refractivity contribution in [1.29, 1.82) is 0 Å². The van der Waals surface area contributed by atoms with Crippen LogP contribution in [0.2, 0.25) is 0 Å². The van der Waals surface area contributed by atoms with E-state index in [4.69, 9.17) is 0 Å². The molecule has 0 aliphatic heterocycles. The Labute approximate surface area is 128 Å². The molecule has 3 N–H and O–H groups in total. The summed E-state index contributed by atoms with van der Waals surface area (Å²) in [4.78, 5) is 16.5. The van der Waals surface area contributed by atoms with Crippen LogP contribution in [0.25, 0.3) is 10.2 Å². The zero-order chi connectivity index (χ0) is 15.5. The SMILES string of the molecule is CCC(CC)(CO)NC(=O)Nc1ccc2nc(C)sc2c1. The molecule has 5 nitrogen and oxygen atoms in total. The molecule has 1 heterocycles. The Bertz CT molecular complexity index is 627. The summed E-state index contributed by atoms with van der Waals surface area (Å²) in [7, 11) is 0. The lowest BCUT2D eigenvalue weighted by molar-refractivity contribution is 0.155. The predicted octanol–water partition coefficient (Wildman–Crippen LogP) is 3.28. The van der Waals surface area contributed by atoms with Gasteiger partial charge in [-0.2, -0.15) is 0 Å². The van der Waals surface area contributed by atoms with E-state index in [1.807, 2.05) is 39.0 Å². The van der Waals surface area contributed by atoms with Crippen LogP contribution in [0.5, 0.6) is 0 Å². The summed E-state index contributed by atoms with van der Waals surface area (Å²) >= 11 is 1.60. The molecule has 2 aromatic rings. The number of aryl methyl sites for hydroxylation is 1. The van der Waals surface area contributed by atoms with Crippen LogP contribution in [0.15, 0.2) is 18.2 Å². The third-order valence-electron chi connectivity index (χ3n) is 3.79. The Morgan fingerprint density at radius 2 is 2.10 bits per heavy atom. The predicted molar refractivity (Wildman–Crippen MR) is 86.9 cm³/mol. The quantitative estimate of drug-likeness (QED) is 0.793. The van der Waals surface area contributed by atoms with Crippen LogP contribution in [-0.4, -0.2) is 28.3 Å². The molecule has 2 rings (SSSR count). The van der Waals surface area contributed by atoms with E-state index in [9.17, 15) is 9.90 Å². The maximum Gasteiger partial charge on any atom is 0.319 e. The number of hydrogen-bond acceptors (Lipinski definition) is 4. The van der Waals surface area contributed by atoms with E-state index in [0.717, 1.165) is 20.9 Å². The minimum Gasteiger partial charge on any atom is -0.394 e. The van der Waals surface area contributed by atoms with Crippen molar-refractivity contribution in [3.8, 4) is 0 Å². The van der Waals surface area contributed by atoms with Gasteiger partial charge in [-0.05, 0) is 38.0 Å². The number of urea groups is 1. The van der Waals surface area contributed by atoms with E-state index in [2.05, 4.69) is 15.6 Å². The lowest BCUT2D eigenvalue weighted by Crippen LogP contribution is -2.51. The summed E-state index contributed by atoms with van der Waals surface area (Å²) in [6.45, 7) is 5.79. The van der Waals surface area contributed by atoms with Crippen LogP contribution in [-0.2, 0) is 0 Å². The van der Waals surface area contributed by atoms with Crippen molar-refractivity contribution < 1.29 is 9.90 Å². The van der Waals surface area contributed by atoms with Gasteiger partial charge < -0.3 is 15.7 Å². The van der Waals surface area contributed by atoms with Gasteiger partial charge in [0.2, 0.25) is 0 Å². The van der Waals surface area contributed by atoms with Crippen LogP contribution < -0.4 is 10.6 Å². The van der Waals surface area contributed by atoms with Crippen molar-refractivity contribution in [3.05, 3.63) is 23.2 Å². The van der Waals surface area contributed by atoms with E-state index < -0.39 is 5.54 Å². The molecule has 0 aliphatic rings. The van der Waals surface area contributed by atoms with Crippen molar-refractivity contribution in [2.24, 2.45) is 0 Å². The average molecular weight is 307 g/mol. The first kappa shape index (κ1) is 15.7. The number of benzene rings is 1. The molecular formula is C15H21N3O2S. The van der Waals surface area contributed by atoms with Crippen LogP contribution in [0.4, 0.5) is 10.5 Å². The second-order valence-electron chi connectivity index (χ2n) is 5.14. The molecule has 6 heteroatoms. The first-order valence-corrected chi connectivity index (χ1v) is 7.91. The van der Waals surface area contributed by atoms with Crippen LogP contribution in [0.3, 0.4) is 0 Å². The van der Waals surface area contributed by atoms with Gasteiger partial charge in [0.1, 0.15) is 0 Å². The lowest BCUT2D eigenvalue weighted by Gasteiger charge is -2.30. The fourth-order valence-corrected chi connectivity index (χ4v) is 3.08. The second-order valence-corrected chi connectivity index (χ2v) is 6.37. The Balaban J connectivity index is 2.10. The monoisotopic (exact) mass is 307 g/mol. The molecule has 0 saturated heterocycles. The van der Waals surface area contributed by atoms with Gasteiger partial charge in [-0.25, -0.2) is 9.78 Å². The summed E-state index contributed by atoms with van der Waals surface area (Å²) in [5, 5.41) is 16.2. The van der Waals surface area contributed by atoms with Crippen molar-refractivity contribution in [3.63, 3.8) is 0 Å². The summed E-state index contributed by atoms with van der Waals surface area (Å²) in [6, 6.07) is 5.35. The first-order valence-electron chi connectivity index (χ1n) is 7.09. The van der Waals surface area contributed by atoms with E-state index in [-0.39, 0.29) is 12.6 Å². The molecule has 1 aromatic carbocycles. The topological polar surface area (TPSA) is 74.2 Å². The van der Waals surface area contributed by atoms with Gasteiger partial charge in [0.05, 0.1) is 27.4 Å². The Kier molecular flexibility index (Phi) is 4.80. The number of carbonyl (C=O) groups is 1. The number of rotatable bonds is 5. The highest BCUT2D eigenvalue weighted by Crippen LogP contribution is 2.25. The van der Waals surface area contributed by atoms with Gasteiger partial charge in [0.15, 0.2) is 0 Å². The minimum atomic E-state index is -0.560. The van der Waals surface area contributed by atoms with Gasteiger partial charge in [0.25, 0.3) is 0 Å². The summed E-state index contributed by atoms with van der Waals surface area (Å²) < 4.78 is 1.05. The number of amides is 2. The fraction of sp³-hybridized carbons (Fsp3) is 0.467. The highest BCUT2D eigenvalue weighted by molar-refractivity contribution is 7.18. The molecule has 2 amide bonds. The number of nitrogens with zero attached hydrogens (tertiary/aromatic N) is 1. The molecule has 0 saturated carbocycles. The van der Waals surface area contributed by atoms with Gasteiger partial charge in [0, 0.05) is 5.69 Å². The Morgan fingerprint density at radius 3 is 2.71 bits per heavy atom. The lowest BCUT2D eigenvalue weighted by atomic mass is 9.94. The van der Waals surface area contributed by atoms with Crippen molar-refractivity contribution in [2.75, 3.05) is 11.9 Å². The van der Waals surface area contributed by atoms with Crippen molar-refractivity contribution in [1.82, 2.24) is 10.3 Å². The molecule has 0 atom stereocenters. The number of hydrogen-bond donors (Lipinski definition) is 3. The number of aliphatic hydroxyl groups is 1. The summed E-state index contributed by atoms with van der Waals surface area (Å²) in [5.41, 5.74) is 1.10. The number of nitrogens with one attached hydrogen (secondary N) is 2. The standard InChI is InChI=1S/C15H21N3O2S/c1-4-15(5-2,9-19)18-14(20)17-11-6-7-12-13(8-11)21-10(3)16-12/h6-8,19H,4-5,9H2,1-3H3,(H2,17,18,20). The molecule has 21 heavy (non-hydrogen) atoms. The minimum absolute atomic E-state index is 0.0690. The Hall–Kier alpha value is -1.66. The van der Waals surface area contributed by atoms with E-state index in [1.165, 1.54) is 0 Å². The molecule has 1 aromatic heterocycles. The highest BCUT2D eigenvalue weighted by Gasteiger charge is 2.27. The van der Waals surface area contributed by atoms with Gasteiger partial charge in [-0.15, -0.1) is 11.3 Å². The van der Waals surface area contributed by atoms with Gasteiger partial charge in [-0.1, -0.05) is 13.8 Å². The first-order chi connectivity index (χ1) is 10.0. The molecule has 114 valence electrons. The molecule has 0 aliphatic carbocycles. The normalized spacial score (nSPS) is 11.6. The third kappa shape index (κ3) is 3.51.